The molecule has 0 spiro atoms. The van der Waals surface area contributed by atoms with Crippen LogP contribution in [0.1, 0.15) is 24.4 Å². The Hall–Kier alpha value is -1.83. The van der Waals surface area contributed by atoms with Crippen molar-refractivity contribution in [3.63, 3.8) is 0 Å². The number of aromatic amines is 1. The lowest BCUT2D eigenvalue weighted by molar-refractivity contribution is 0.251. The van der Waals surface area contributed by atoms with Gasteiger partial charge in [-0.1, -0.05) is 28.1 Å². The fraction of sp³-hybridized carbons (Fsp3) is 0.286. The van der Waals surface area contributed by atoms with Crippen LogP contribution in [0.15, 0.2) is 56.2 Å². The molecule has 3 aromatic rings. The summed E-state index contributed by atoms with van der Waals surface area (Å²) in [4.78, 5) is 15.4. The van der Waals surface area contributed by atoms with Gasteiger partial charge < -0.3 is 20.4 Å². The minimum atomic E-state index is 0.0324. The molecular formula is C21H21Br2N3O2. The van der Waals surface area contributed by atoms with E-state index in [1.54, 1.807) is 6.07 Å². The second kappa shape index (κ2) is 8.68. The van der Waals surface area contributed by atoms with E-state index in [9.17, 15) is 4.79 Å². The molecule has 146 valence electrons. The van der Waals surface area contributed by atoms with Gasteiger partial charge in [0.2, 0.25) is 0 Å². The van der Waals surface area contributed by atoms with Crippen LogP contribution in [0, 0.1) is 0 Å². The first kappa shape index (κ1) is 19.5. The van der Waals surface area contributed by atoms with E-state index >= 15 is 0 Å². The number of nitrogens with one attached hydrogen (secondary N) is 3. The molecule has 4 rings (SSSR count). The monoisotopic (exact) mass is 505 g/mol. The first-order valence-electron chi connectivity index (χ1n) is 9.33. The normalized spacial score (nSPS) is 15.9. The summed E-state index contributed by atoms with van der Waals surface area (Å²) in [5.74, 6) is 1.69. The average molecular weight is 507 g/mol. The molecule has 0 aliphatic carbocycles. The molecule has 1 aliphatic rings. The van der Waals surface area contributed by atoms with E-state index in [4.69, 9.17) is 4.74 Å². The van der Waals surface area contributed by atoms with Crippen LogP contribution >= 0.6 is 31.9 Å². The van der Waals surface area contributed by atoms with Gasteiger partial charge in [-0.25, -0.2) is 0 Å². The second-order valence-electron chi connectivity index (χ2n) is 6.82. The minimum Gasteiger partial charge on any atom is -0.492 e. The maximum Gasteiger partial charge on any atom is 0.191 e. The van der Waals surface area contributed by atoms with Crippen molar-refractivity contribution in [2.75, 3.05) is 25.0 Å². The molecule has 1 aromatic heterocycles. The zero-order valence-electron chi connectivity index (χ0n) is 15.2. The standard InChI is InChI=1S/C21H21Br2N3O2/c22-13-10-15-17(6-9-28-21(15)16(23)11-13)24-7-3-8-25-20-12-19(27)14-4-1-2-5-18(14)26-20/h1-2,4-5,10-12,17,24H,3,6-9H2,(H2,25,26,27). The van der Waals surface area contributed by atoms with Crippen molar-refractivity contribution >= 4 is 48.6 Å². The summed E-state index contributed by atoms with van der Waals surface area (Å²) >= 11 is 7.14. The molecule has 0 bridgehead atoms. The van der Waals surface area contributed by atoms with Gasteiger partial charge in [0, 0.05) is 40.5 Å². The second-order valence-corrected chi connectivity index (χ2v) is 8.59. The third kappa shape index (κ3) is 4.26. The topological polar surface area (TPSA) is 66.2 Å². The molecule has 0 saturated carbocycles. The summed E-state index contributed by atoms with van der Waals surface area (Å²) in [6, 6.07) is 13.6. The van der Waals surface area contributed by atoms with Gasteiger partial charge in [0.15, 0.2) is 5.43 Å². The Labute approximate surface area is 180 Å². The summed E-state index contributed by atoms with van der Waals surface area (Å²) < 4.78 is 7.83. The van der Waals surface area contributed by atoms with Crippen LogP contribution in [-0.4, -0.2) is 24.7 Å². The number of hydrogen-bond acceptors (Lipinski definition) is 4. The summed E-state index contributed by atoms with van der Waals surface area (Å²) in [6.07, 6.45) is 1.89. The maximum absolute atomic E-state index is 12.2. The SMILES string of the molecule is O=c1cc(NCCCNC2CCOc3c(Br)cc(Br)cc32)[nH]c2ccccc12. The molecule has 0 fully saturated rings. The van der Waals surface area contributed by atoms with Gasteiger partial charge in [-0.15, -0.1) is 0 Å². The van der Waals surface area contributed by atoms with Crippen LogP contribution in [0.3, 0.4) is 0 Å². The average Bonchev–Trinajstić information content (AvgIpc) is 2.68. The quantitative estimate of drug-likeness (QED) is 0.413. The Morgan fingerprint density at radius 2 is 2.00 bits per heavy atom. The van der Waals surface area contributed by atoms with Crippen LogP contribution in [0.4, 0.5) is 5.82 Å². The first-order chi connectivity index (χ1) is 13.6. The zero-order chi connectivity index (χ0) is 19.5. The highest BCUT2D eigenvalue weighted by Crippen LogP contribution is 2.40. The van der Waals surface area contributed by atoms with E-state index < -0.39 is 0 Å². The van der Waals surface area contributed by atoms with Crippen LogP contribution in [0.25, 0.3) is 10.9 Å². The van der Waals surface area contributed by atoms with Gasteiger partial charge in [-0.3, -0.25) is 4.79 Å². The fourth-order valence-corrected chi connectivity index (χ4v) is 4.89. The van der Waals surface area contributed by atoms with E-state index in [-0.39, 0.29) is 11.5 Å². The Morgan fingerprint density at radius 3 is 2.89 bits per heavy atom. The first-order valence-corrected chi connectivity index (χ1v) is 10.9. The highest BCUT2D eigenvalue weighted by Gasteiger charge is 2.23. The van der Waals surface area contributed by atoms with Crippen LogP contribution in [0.2, 0.25) is 0 Å². The summed E-state index contributed by atoms with van der Waals surface area (Å²) in [6.45, 7) is 2.36. The van der Waals surface area contributed by atoms with Crippen molar-refractivity contribution in [1.29, 1.82) is 0 Å². The summed E-state index contributed by atoms with van der Waals surface area (Å²) in [7, 11) is 0. The van der Waals surface area contributed by atoms with Crippen LogP contribution in [0.5, 0.6) is 5.75 Å². The van der Waals surface area contributed by atoms with E-state index in [2.05, 4.69) is 53.5 Å². The van der Waals surface area contributed by atoms with E-state index in [1.807, 2.05) is 30.3 Å². The number of halogens is 2. The summed E-state index contributed by atoms with van der Waals surface area (Å²) in [5, 5.41) is 7.66. The van der Waals surface area contributed by atoms with E-state index in [0.717, 1.165) is 52.0 Å². The van der Waals surface area contributed by atoms with Crippen molar-refractivity contribution in [3.05, 3.63) is 67.2 Å². The van der Waals surface area contributed by atoms with Gasteiger partial charge in [0.25, 0.3) is 0 Å². The molecule has 5 nitrogen and oxygen atoms in total. The number of aromatic nitrogens is 1. The number of rotatable bonds is 6. The molecule has 2 heterocycles. The number of pyridine rings is 1. The number of fused-ring (bicyclic) bond motifs is 2. The van der Waals surface area contributed by atoms with Crippen molar-refractivity contribution in [1.82, 2.24) is 10.3 Å². The number of anilines is 1. The molecule has 2 aromatic carbocycles. The number of para-hydroxylation sites is 1. The number of H-pyrrole nitrogens is 1. The molecular weight excluding hydrogens is 486 g/mol. The Morgan fingerprint density at radius 1 is 1.14 bits per heavy atom. The van der Waals surface area contributed by atoms with Crippen molar-refractivity contribution < 1.29 is 4.74 Å². The molecule has 1 unspecified atom stereocenters. The molecule has 1 atom stereocenters. The smallest absolute Gasteiger partial charge is 0.191 e. The van der Waals surface area contributed by atoms with Crippen molar-refractivity contribution in [2.45, 2.75) is 18.9 Å². The lowest BCUT2D eigenvalue weighted by Crippen LogP contribution is -2.29. The molecule has 0 radical (unpaired) electrons. The van der Waals surface area contributed by atoms with Crippen molar-refractivity contribution in [3.8, 4) is 5.75 Å². The number of ether oxygens (including phenoxy) is 1. The van der Waals surface area contributed by atoms with Crippen LogP contribution in [-0.2, 0) is 0 Å². The van der Waals surface area contributed by atoms with Gasteiger partial charge in [0.05, 0.1) is 16.6 Å². The third-order valence-corrected chi connectivity index (χ3v) is 5.91. The largest absolute Gasteiger partial charge is 0.492 e. The maximum atomic E-state index is 12.2. The Bertz CT molecular complexity index is 1050. The van der Waals surface area contributed by atoms with Crippen molar-refractivity contribution in [2.24, 2.45) is 0 Å². The van der Waals surface area contributed by atoms with Gasteiger partial charge >= 0.3 is 0 Å². The number of hydrogen-bond donors (Lipinski definition) is 3. The highest BCUT2D eigenvalue weighted by atomic mass is 79.9. The van der Waals surface area contributed by atoms with Gasteiger partial charge in [-0.05, 0) is 53.2 Å². The number of benzene rings is 2. The predicted molar refractivity (Wildman–Crippen MR) is 120 cm³/mol. The Kier molecular flexibility index (Phi) is 6.04. The van der Waals surface area contributed by atoms with Gasteiger partial charge in [-0.2, -0.15) is 0 Å². The fourth-order valence-electron chi connectivity index (χ4n) is 3.52. The van der Waals surface area contributed by atoms with E-state index in [1.165, 1.54) is 5.56 Å². The molecule has 0 saturated heterocycles. The zero-order valence-corrected chi connectivity index (χ0v) is 18.4. The minimum absolute atomic E-state index is 0.0324. The predicted octanol–water partition coefficient (Wildman–Crippen LogP) is 4.97. The van der Waals surface area contributed by atoms with Crippen LogP contribution < -0.4 is 20.8 Å². The molecule has 28 heavy (non-hydrogen) atoms. The van der Waals surface area contributed by atoms with E-state index in [0.29, 0.717) is 12.0 Å². The molecule has 0 amide bonds. The molecule has 3 N–H and O–H groups in total. The molecule has 7 heteroatoms. The summed E-state index contributed by atoms with van der Waals surface area (Å²) in [5.41, 5.74) is 2.06. The molecule has 1 aliphatic heterocycles. The highest BCUT2D eigenvalue weighted by molar-refractivity contribution is 9.11. The Balaban J connectivity index is 1.32. The lowest BCUT2D eigenvalue weighted by Gasteiger charge is -2.28. The lowest BCUT2D eigenvalue weighted by atomic mass is 10.0. The third-order valence-electron chi connectivity index (χ3n) is 4.86. The van der Waals surface area contributed by atoms with Gasteiger partial charge in [0.1, 0.15) is 11.6 Å².